The molecule has 2 aromatic rings. The van der Waals surface area contributed by atoms with Gasteiger partial charge in [0, 0.05) is 12.6 Å². The first kappa shape index (κ1) is 7.79. The van der Waals surface area contributed by atoms with Gasteiger partial charge in [-0.2, -0.15) is 0 Å². The number of aromatic nitrogens is 3. The summed E-state index contributed by atoms with van der Waals surface area (Å²) in [6, 6.07) is 9.53. The molecule has 1 N–H and O–H groups in total. The first-order valence-electron chi connectivity index (χ1n) is 3.93. The minimum absolute atomic E-state index is 0.0336. The third kappa shape index (κ3) is 1.26. The largest absolute Gasteiger partial charge is 0.491 e. The van der Waals surface area contributed by atoms with E-state index in [1.165, 1.54) is 0 Å². The number of benzene rings is 1. The van der Waals surface area contributed by atoms with Crippen molar-refractivity contribution in [3.8, 4) is 17.1 Å². The van der Waals surface area contributed by atoms with Crippen LogP contribution in [0.25, 0.3) is 11.3 Å². The molecule has 0 bridgehead atoms. The maximum absolute atomic E-state index is 9.39. The molecule has 0 atom stereocenters. The topological polar surface area (TPSA) is 50.9 Å². The van der Waals surface area contributed by atoms with E-state index in [0.29, 0.717) is 5.69 Å². The molecule has 0 amide bonds. The van der Waals surface area contributed by atoms with Gasteiger partial charge in [0.1, 0.15) is 5.69 Å². The van der Waals surface area contributed by atoms with Crippen molar-refractivity contribution in [2.75, 3.05) is 0 Å². The molecule has 0 radical (unpaired) electrons. The molecule has 0 aliphatic heterocycles. The Balaban J connectivity index is 2.59. The van der Waals surface area contributed by atoms with E-state index in [2.05, 4.69) is 10.3 Å². The number of nitrogens with zero attached hydrogens (tertiary/aromatic N) is 3. The lowest BCUT2D eigenvalue weighted by Gasteiger charge is -1.99. The fourth-order valence-corrected chi connectivity index (χ4v) is 1.26. The summed E-state index contributed by atoms with van der Waals surface area (Å²) in [5.41, 5.74) is 1.55. The standard InChI is InChI=1S/C9H9N3O/c1-12-8(9(13)10-11-12)7-5-3-2-4-6-7/h2-6,13H,1H3. The van der Waals surface area contributed by atoms with Crippen molar-refractivity contribution < 1.29 is 5.11 Å². The Morgan fingerprint density at radius 3 is 2.46 bits per heavy atom. The van der Waals surface area contributed by atoms with Crippen molar-refractivity contribution in [2.24, 2.45) is 7.05 Å². The first-order chi connectivity index (χ1) is 6.29. The summed E-state index contributed by atoms with van der Waals surface area (Å²) in [6.45, 7) is 0. The van der Waals surface area contributed by atoms with Gasteiger partial charge in [-0.3, -0.25) is 0 Å². The minimum atomic E-state index is -0.0336. The molecule has 0 aliphatic rings. The highest BCUT2D eigenvalue weighted by Crippen LogP contribution is 2.24. The Hall–Kier alpha value is -1.84. The van der Waals surface area contributed by atoms with Gasteiger partial charge in [-0.15, -0.1) is 0 Å². The van der Waals surface area contributed by atoms with Crippen molar-refractivity contribution >= 4 is 0 Å². The van der Waals surface area contributed by atoms with E-state index in [1.807, 2.05) is 30.3 Å². The summed E-state index contributed by atoms with van der Waals surface area (Å²) in [4.78, 5) is 0. The fourth-order valence-electron chi connectivity index (χ4n) is 1.26. The summed E-state index contributed by atoms with van der Waals surface area (Å²) >= 11 is 0. The monoisotopic (exact) mass is 175 g/mol. The molecule has 0 saturated heterocycles. The van der Waals surface area contributed by atoms with Gasteiger partial charge in [-0.25, -0.2) is 4.68 Å². The highest BCUT2D eigenvalue weighted by atomic mass is 16.3. The van der Waals surface area contributed by atoms with Crippen LogP contribution in [0.15, 0.2) is 30.3 Å². The summed E-state index contributed by atoms with van der Waals surface area (Å²) < 4.78 is 1.55. The third-order valence-electron chi connectivity index (χ3n) is 1.86. The molecule has 0 spiro atoms. The van der Waals surface area contributed by atoms with Crippen LogP contribution in [0.5, 0.6) is 5.88 Å². The Bertz CT molecular complexity index is 389. The fraction of sp³-hybridized carbons (Fsp3) is 0.111. The summed E-state index contributed by atoms with van der Waals surface area (Å²) in [7, 11) is 1.75. The molecule has 4 nitrogen and oxygen atoms in total. The maximum atomic E-state index is 9.39. The number of aryl methyl sites for hydroxylation is 1. The van der Waals surface area contributed by atoms with E-state index in [-0.39, 0.29) is 5.88 Å². The second kappa shape index (κ2) is 2.90. The SMILES string of the molecule is Cn1nnc(O)c1-c1ccccc1. The zero-order valence-corrected chi connectivity index (χ0v) is 7.18. The molecule has 0 aliphatic carbocycles. The van der Waals surface area contributed by atoms with Gasteiger partial charge in [0.2, 0.25) is 0 Å². The van der Waals surface area contributed by atoms with Crippen molar-refractivity contribution in [3.05, 3.63) is 30.3 Å². The lowest BCUT2D eigenvalue weighted by atomic mass is 10.2. The Morgan fingerprint density at radius 2 is 1.92 bits per heavy atom. The van der Waals surface area contributed by atoms with Crippen LogP contribution in [0.2, 0.25) is 0 Å². The number of aromatic hydroxyl groups is 1. The highest BCUT2D eigenvalue weighted by molar-refractivity contribution is 5.63. The molecular weight excluding hydrogens is 166 g/mol. The molecule has 4 heteroatoms. The molecule has 0 fully saturated rings. The Kier molecular flexibility index (Phi) is 1.73. The van der Waals surface area contributed by atoms with E-state index in [4.69, 9.17) is 0 Å². The van der Waals surface area contributed by atoms with Crippen molar-refractivity contribution in [1.29, 1.82) is 0 Å². The second-order valence-electron chi connectivity index (χ2n) is 2.75. The van der Waals surface area contributed by atoms with Gasteiger partial charge in [0.15, 0.2) is 0 Å². The number of hydrogen-bond acceptors (Lipinski definition) is 3. The zero-order chi connectivity index (χ0) is 9.26. The van der Waals surface area contributed by atoms with Crippen LogP contribution < -0.4 is 0 Å². The van der Waals surface area contributed by atoms with Crippen LogP contribution in [0.3, 0.4) is 0 Å². The van der Waals surface area contributed by atoms with E-state index >= 15 is 0 Å². The van der Waals surface area contributed by atoms with E-state index in [1.54, 1.807) is 11.7 Å². The van der Waals surface area contributed by atoms with Crippen LogP contribution >= 0.6 is 0 Å². The van der Waals surface area contributed by atoms with Gasteiger partial charge in [0.25, 0.3) is 5.88 Å². The molecular formula is C9H9N3O. The Labute approximate surface area is 75.4 Å². The number of hydrogen-bond donors (Lipinski definition) is 1. The van der Waals surface area contributed by atoms with Gasteiger partial charge < -0.3 is 5.11 Å². The van der Waals surface area contributed by atoms with Crippen molar-refractivity contribution in [3.63, 3.8) is 0 Å². The maximum Gasteiger partial charge on any atom is 0.259 e. The molecule has 0 unspecified atom stereocenters. The molecule has 0 saturated carbocycles. The average Bonchev–Trinajstić information content (AvgIpc) is 2.48. The van der Waals surface area contributed by atoms with E-state index < -0.39 is 0 Å². The highest BCUT2D eigenvalue weighted by Gasteiger charge is 2.10. The molecule has 2 rings (SSSR count). The van der Waals surface area contributed by atoms with Crippen LogP contribution in [-0.2, 0) is 7.05 Å². The molecule has 13 heavy (non-hydrogen) atoms. The van der Waals surface area contributed by atoms with Crippen LogP contribution in [0.1, 0.15) is 0 Å². The van der Waals surface area contributed by atoms with Crippen molar-refractivity contribution in [1.82, 2.24) is 15.0 Å². The second-order valence-corrected chi connectivity index (χ2v) is 2.75. The first-order valence-corrected chi connectivity index (χ1v) is 3.93. The normalized spacial score (nSPS) is 10.2. The summed E-state index contributed by atoms with van der Waals surface area (Å²) in [5.74, 6) is -0.0336. The van der Waals surface area contributed by atoms with Crippen LogP contribution in [-0.4, -0.2) is 20.1 Å². The summed E-state index contributed by atoms with van der Waals surface area (Å²) in [5, 5.41) is 16.7. The van der Waals surface area contributed by atoms with Crippen LogP contribution in [0, 0.1) is 0 Å². The predicted octanol–water partition coefficient (Wildman–Crippen LogP) is 1.19. The number of rotatable bonds is 1. The molecule has 1 aromatic heterocycles. The lowest BCUT2D eigenvalue weighted by molar-refractivity contribution is 0.454. The predicted molar refractivity (Wildman–Crippen MR) is 48.1 cm³/mol. The van der Waals surface area contributed by atoms with Gasteiger partial charge in [-0.1, -0.05) is 40.6 Å². The minimum Gasteiger partial charge on any atom is -0.491 e. The van der Waals surface area contributed by atoms with Gasteiger partial charge >= 0.3 is 0 Å². The van der Waals surface area contributed by atoms with Crippen LogP contribution in [0.4, 0.5) is 0 Å². The molecule has 1 aromatic carbocycles. The van der Waals surface area contributed by atoms with Gasteiger partial charge in [0.05, 0.1) is 0 Å². The molecule has 1 heterocycles. The molecule has 66 valence electrons. The quantitative estimate of drug-likeness (QED) is 0.708. The smallest absolute Gasteiger partial charge is 0.259 e. The average molecular weight is 175 g/mol. The third-order valence-corrected chi connectivity index (χ3v) is 1.86. The van der Waals surface area contributed by atoms with E-state index in [9.17, 15) is 5.11 Å². The van der Waals surface area contributed by atoms with Crippen molar-refractivity contribution in [2.45, 2.75) is 0 Å². The zero-order valence-electron chi connectivity index (χ0n) is 7.18. The Morgan fingerprint density at radius 1 is 1.23 bits per heavy atom. The summed E-state index contributed by atoms with van der Waals surface area (Å²) in [6.07, 6.45) is 0. The van der Waals surface area contributed by atoms with Gasteiger partial charge in [-0.05, 0) is 0 Å². The van der Waals surface area contributed by atoms with E-state index in [0.717, 1.165) is 5.56 Å². The lowest BCUT2D eigenvalue weighted by Crippen LogP contribution is -1.93.